The van der Waals surface area contributed by atoms with E-state index in [2.05, 4.69) is 5.32 Å². The maximum Gasteiger partial charge on any atom is 0.257 e. The highest BCUT2D eigenvalue weighted by atomic mass is 35.5. The van der Waals surface area contributed by atoms with Crippen LogP contribution in [0.1, 0.15) is 24.2 Å². The van der Waals surface area contributed by atoms with Gasteiger partial charge in [-0.1, -0.05) is 19.1 Å². The summed E-state index contributed by atoms with van der Waals surface area (Å²) < 4.78 is 5.33. The van der Waals surface area contributed by atoms with Crippen molar-refractivity contribution in [1.82, 2.24) is 5.32 Å². The number of rotatable bonds is 7. The Hall–Kier alpha value is -1.59. The minimum absolute atomic E-state index is 0. The highest BCUT2D eigenvalue weighted by Crippen LogP contribution is 2.13. The van der Waals surface area contributed by atoms with E-state index in [1.165, 1.54) is 6.92 Å². The van der Waals surface area contributed by atoms with E-state index in [1.54, 1.807) is 24.3 Å². The third kappa shape index (κ3) is 6.54. The molecule has 3 N–H and O–H groups in total. The third-order valence-electron chi connectivity index (χ3n) is 2.66. The lowest BCUT2D eigenvalue weighted by Gasteiger charge is -2.11. The van der Waals surface area contributed by atoms with Crippen molar-refractivity contribution in [3.05, 3.63) is 29.8 Å². The van der Waals surface area contributed by atoms with Crippen LogP contribution in [-0.4, -0.2) is 31.4 Å². The molecule has 0 saturated heterocycles. The Bertz CT molecular complexity index is 452. The van der Waals surface area contributed by atoms with Crippen molar-refractivity contribution in [3.63, 3.8) is 0 Å². The molecule has 0 radical (unpaired) electrons. The molecule has 1 amide bonds. The first kappa shape index (κ1) is 18.4. The molecule has 1 atom stereocenters. The van der Waals surface area contributed by atoms with Gasteiger partial charge in [0, 0.05) is 12.1 Å². The number of halogens is 1. The number of carbonyl (C=O) groups excluding carboxylic acids is 2. The van der Waals surface area contributed by atoms with Crippen LogP contribution < -0.4 is 15.8 Å². The molecule has 5 nitrogen and oxygen atoms in total. The van der Waals surface area contributed by atoms with Crippen LogP contribution in [0.25, 0.3) is 0 Å². The van der Waals surface area contributed by atoms with Gasteiger partial charge < -0.3 is 15.8 Å². The van der Waals surface area contributed by atoms with Crippen molar-refractivity contribution < 1.29 is 14.3 Å². The van der Waals surface area contributed by atoms with Crippen LogP contribution in [0.5, 0.6) is 5.75 Å². The molecule has 20 heavy (non-hydrogen) atoms. The highest BCUT2D eigenvalue weighted by molar-refractivity contribution is 5.94. The summed E-state index contributed by atoms with van der Waals surface area (Å²) in [5, 5.41) is 2.73. The summed E-state index contributed by atoms with van der Waals surface area (Å²) >= 11 is 0. The van der Waals surface area contributed by atoms with Gasteiger partial charge in [0.2, 0.25) is 0 Å². The van der Waals surface area contributed by atoms with Crippen molar-refractivity contribution in [3.8, 4) is 5.75 Å². The van der Waals surface area contributed by atoms with Gasteiger partial charge in [-0.2, -0.15) is 0 Å². The van der Waals surface area contributed by atoms with Gasteiger partial charge in [0.05, 0.1) is 0 Å². The van der Waals surface area contributed by atoms with Crippen molar-refractivity contribution in [2.75, 3.05) is 19.7 Å². The Balaban J connectivity index is 0.00000361. The molecule has 0 saturated carbocycles. The quantitative estimate of drug-likeness (QED) is 0.746. The lowest BCUT2D eigenvalue weighted by atomic mass is 10.1. The molecule has 0 aliphatic rings. The van der Waals surface area contributed by atoms with E-state index < -0.39 is 0 Å². The lowest BCUT2D eigenvalue weighted by molar-refractivity contribution is -0.123. The molecular weight excluding hydrogens is 280 g/mol. The molecule has 0 fully saturated rings. The SMILES string of the molecule is CC(=O)c1cccc(OCC(=O)NCC(C)CN)c1.Cl. The Kier molecular flexibility index (Phi) is 8.59. The summed E-state index contributed by atoms with van der Waals surface area (Å²) in [6, 6.07) is 6.76. The normalized spacial score (nSPS) is 11.2. The predicted molar refractivity (Wildman–Crippen MR) is 80.4 cm³/mol. The summed E-state index contributed by atoms with van der Waals surface area (Å²) in [6.07, 6.45) is 0. The molecule has 1 unspecified atom stereocenters. The summed E-state index contributed by atoms with van der Waals surface area (Å²) in [7, 11) is 0. The Morgan fingerprint density at radius 1 is 1.40 bits per heavy atom. The van der Waals surface area contributed by atoms with Crippen molar-refractivity contribution >= 4 is 24.1 Å². The molecule has 0 spiro atoms. The van der Waals surface area contributed by atoms with Gasteiger partial charge >= 0.3 is 0 Å². The number of Topliss-reactive ketones (excluding diaryl/α,β-unsaturated/α-hetero) is 1. The molecule has 0 aromatic heterocycles. The van der Waals surface area contributed by atoms with Crippen molar-refractivity contribution in [1.29, 1.82) is 0 Å². The van der Waals surface area contributed by atoms with Gasteiger partial charge in [0.1, 0.15) is 5.75 Å². The predicted octanol–water partition coefficient (Wildman–Crippen LogP) is 1.40. The third-order valence-corrected chi connectivity index (χ3v) is 2.66. The number of amides is 1. The molecule has 1 aromatic rings. The molecular formula is C14H21ClN2O3. The highest BCUT2D eigenvalue weighted by Gasteiger charge is 2.06. The van der Waals surface area contributed by atoms with E-state index in [0.29, 0.717) is 24.4 Å². The van der Waals surface area contributed by atoms with E-state index in [0.717, 1.165) is 0 Å². The summed E-state index contributed by atoms with van der Waals surface area (Å²) in [5.74, 6) is 0.514. The topological polar surface area (TPSA) is 81.4 Å². The molecule has 0 bridgehead atoms. The molecule has 1 aromatic carbocycles. The second kappa shape index (κ2) is 9.34. The second-order valence-corrected chi connectivity index (χ2v) is 4.52. The maximum absolute atomic E-state index is 11.5. The number of ether oxygens (including phenoxy) is 1. The van der Waals surface area contributed by atoms with E-state index >= 15 is 0 Å². The first-order valence-corrected chi connectivity index (χ1v) is 6.23. The average molecular weight is 301 g/mol. The van der Waals surface area contributed by atoms with E-state index in [4.69, 9.17) is 10.5 Å². The summed E-state index contributed by atoms with van der Waals surface area (Å²) in [4.78, 5) is 22.7. The minimum atomic E-state index is -0.200. The number of benzene rings is 1. The van der Waals surface area contributed by atoms with Crippen molar-refractivity contribution in [2.45, 2.75) is 13.8 Å². The van der Waals surface area contributed by atoms with Gasteiger partial charge in [0.15, 0.2) is 12.4 Å². The Morgan fingerprint density at radius 3 is 2.70 bits per heavy atom. The number of nitrogens with two attached hydrogens (primary N) is 1. The van der Waals surface area contributed by atoms with Gasteiger partial charge in [-0.15, -0.1) is 12.4 Å². The van der Waals surface area contributed by atoms with Crippen LogP contribution >= 0.6 is 12.4 Å². The smallest absolute Gasteiger partial charge is 0.257 e. The van der Waals surface area contributed by atoms with Crippen LogP contribution in [0.4, 0.5) is 0 Å². The van der Waals surface area contributed by atoms with Crippen LogP contribution in [-0.2, 0) is 4.79 Å². The fraction of sp³-hybridized carbons (Fsp3) is 0.429. The maximum atomic E-state index is 11.5. The van der Waals surface area contributed by atoms with E-state index in [1.807, 2.05) is 6.92 Å². The monoisotopic (exact) mass is 300 g/mol. The average Bonchev–Trinajstić information content (AvgIpc) is 2.42. The lowest BCUT2D eigenvalue weighted by Crippen LogP contribution is -2.34. The summed E-state index contributed by atoms with van der Waals surface area (Å²) in [6.45, 7) is 4.43. The van der Waals surface area contributed by atoms with E-state index in [-0.39, 0.29) is 36.6 Å². The zero-order valence-corrected chi connectivity index (χ0v) is 12.5. The molecule has 0 heterocycles. The van der Waals surface area contributed by atoms with Crippen LogP contribution in [0.3, 0.4) is 0 Å². The molecule has 112 valence electrons. The number of hydrogen-bond acceptors (Lipinski definition) is 4. The first-order valence-electron chi connectivity index (χ1n) is 6.23. The summed E-state index contributed by atoms with van der Waals surface area (Å²) in [5.41, 5.74) is 6.02. The molecule has 0 aliphatic carbocycles. The van der Waals surface area contributed by atoms with Gasteiger partial charge in [0.25, 0.3) is 5.91 Å². The Labute approximate surface area is 125 Å². The minimum Gasteiger partial charge on any atom is -0.484 e. The molecule has 1 rings (SSSR count). The van der Waals surface area contributed by atoms with Crippen LogP contribution in [0.2, 0.25) is 0 Å². The first-order chi connectivity index (χ1) is 9.02. The molecule has 0 aliphatic heterocycles. The van der Waals surface area contributed by atoms with Gasteiger partial charge in [-0.3, -0.25) is 9.59 Å². The Morgan fingerprint density at radius 2 is 2.10 bits per heavy atom. The van der Waals surface area contributed by atoms with Gasteiger partial charge in [-0.25, -0.2) is 0 Å². The number of carbonyl (C=O) groups is 2. The number of nitrogens with one attached hydrogen (secondary N) is 1. The second-order valence-electron chi connectivity index (χ2n) is 4.52. The number of hydrogen-bond donors (Lipinski definition) is 2. The zero-order chi connectivity index (χ0) is 14.3. The fourth-order valence-electron chi connectivity index (χ4n) is 1.38. The standard InChI is InChI=1S/C14H20N2O3.ClH/c1-10(7-15)8-16-14(18)9-19-13-5-3-4-12(6-13)11(2)17;/h3-6,10H,7-9,15H2,1-2H3,(H,16,18);1H. The fourth-order valence-corrected chi connectivity index (χ4v) is 1.38. The van der Waals surface area contributed by atoms with Crippen LogP contribution in [0, 0.1) is 5.92 Å². The van der Waals surface area contributed by atoms with E-state index in [9.17, 15) is 9.59 Å². The molecule has 6 heteroatoms. The number of ketones is 1. The van der Waals surface area contributed by atoms with Crippen molar-refractivity contribution in [2.24, 2.45) is 11.7 Å². The largest absolute Gasteiger partial charge is 0.484 e. The van der Waals surface area contributed by atoms with Crippen LogP contribution in [0.15, 0.2) is 24.3 Å². The zero-order valence-electron chi connectivity index (χ0n) is 11.7. The van der Waals surface area contributed by atoms with Gasteiger partial charge in [-0.05, 0) is 31.5 Å².